The minimum absolute atomic E-state index is 0.489. The third-order valence-corrected chi connectivity index (χ3v) is 3.57. The summed E-state index contributed by atoms with van der Waals surface area (Å²) in [7, 11) is 0. The minimum Gasteiger partial charge on any atom is -0.437 e. The summed E-state index contributed by atoms with van der Waals surface area (Å²) >= 11 is 1.40. The molecule has 5 heteroatoms. The number of nitrogens with two attached hydrogens (primary N) is 1. The Morgan fingerprint density at radius 1 is 1.44 bits per heavy atom. The van der Waals surface area contributed by atoms with Crippen LogP contribution in [0.3, 0.4) is 0 Å². The van der Waals surface area contributed by atoms with Gasteiger partial charge in [-0.3, -0.25) is 0 Å². The van der Waals surface area contributed by atoms with Crippen LogP contribution in [0.15, 0.2) is 33.9 Å². The Labute approximate surface area is 110 Å². The zero-order chi connectivity index (χ0) is 13.1. The summed E-state index contributed by atoms with van der Waals surface area (Å²) < 4.78 is 5.44. The highest BCUT2D eigenvalue weighted by atomic mass is 32.2. The van der Waals surface area contributed by atoms with E-state index in [0.29, 0.717) is 16.7 Å². The maximum absolute atomic E-state index is 10.0. The highest BCUT2D eigenvalue weighted by Crippen LogP contribution is 2.26. The van der Waals surface area contributed by atoms with Crippen molar-refractivity contribution in [2.75, 3.05) is 11.5 Å². The van der Waals surface area contributed by atoms with Crippen molar-refractivity contribution in [1.82, 2.24) is 4.98 Å². The van der Waals surface area contributed by atoms with Gasteiger partial charge in [0.2, 0.25) is 0 Å². The van der Waals surface area contributed by atoms with E-state index < -0.39 is 6.10 Å². The van der Waals surface area contributed by atoms with E-state index in [2.05, 4.69) is 4.98 Å². The first-order chi connectivity index (χ1) is 8.56. The lowest BCUT2D eigenvalue weighted by Gasteiger charge is -2.09. The number of rotatable bonds is 4. The van der Waals surface area contributed by atoms with Gasteiger partial charge in [-0.25, -0.2) is 4.98 Å². The number of aryl methyl sites for hydroxylation is 2. The number of nitrogen functional groups attached to an aromatic ring is 1. The van der Waals surface area contributed by atoms with Gasteiger partial charge in [0.1, 0.15) is 5.76 Å². The smallest absolute Gasteiger partial charge is 0.256 e. The second-order valence-corrected chi connectivity index (χ2v) is 5.09. The molecule has 0 aliphatic carbocycles. The average Bonchev–Trinajstić information content (AvgIpc) is 2.66. The molecule has 1 aromatic heterocycles. The Morgan fingerprint density at radius 3 is 2.83 bits per heavy atom. The molecule has 0 radical (unpaired) electrons. The molecule has 1 atom stereocenters. The average molecular weight is 264 g/mol. The van der Waals surface area contributed by atoms with Gasteiger partial charge in [-0.05, 0) is 31.5 Å². The van der Waals surface area contributed by atoms with Crippen molar-refractivity contribution in [3.05, 3.63) is 41.3 Å². The monoisotopic (exact) mass is 264 g/mol. The Morgan fingerprint density at radius 2 is 2.22 bits per heavy atom. The second-order valence-electron chi connectivity index (χ2n) is 4.12. The van der Waals surface area contributed by atoms with Gasteiger partial charge in [-0.2, -0.15) is 0 Å². The van der Waals surface area contributed by atoms with E-state index in [0.717, 1.165) is 17.0 Å². The van der Waals surface area contributed by atoms with Crippen molar-refractivity contribution in [3.8, 4) is 0 Å². The molecule has 18 heavy (non-hydrogen) atoms. The van der Waals surface area contributed by atoms with E-state index in [1.54, 1.807) is 12.1 Å². The largest absolute Gasteiger partial charge is 0.437 e. The van der Waals surface area contributed by atoms with Gasteiger partial charge < -0.3 is 15.3 Å². The van der Waals surface area contributed by atoms with Crippen LogP contribution in [0.4, 0.5) is 5.69 Å². The predicted octanol–water partition coefficient (Wildman–Crippen LogP) is 2.70. The molecule has 3 N–H and O–H groups in total. The molecule has 96 valence electrons. The van der Waals surface area contributed by atoms with Gasteiger partial charge >= 0.3 is 0 Å². The molecule has 0 spiro atoms. The normalized spacial score (nSPS) is 12.6. The van der Waals surface area contributed by atoms with Crippen LogP contribution in [0, 0.1) is 13.8 Å². The number of thioether (sulfide) groups is 1. The molecular weight excluding hydrogens is 248 g/mol. The molecule has 0 fully saturated rings. The third-order valence-electron chi connectivity index (χ3n) is 2.67. The van der Waals surface area contributed by atoms with Crippen LogP contribution in [0.2, 0.25) is 0 Å². The van der Waals surface area contributed by atoms with E-state index in [-0.39, 0.29) is 0 Å². The van der Waals surface area contributed by atoms with Crippen molar-refractivity contribution in [2.45, 2.75) is 25.2 Å². The van der Waals surface area contributed by atoms with Gasteiger partial charge in [-0.1, -0.05) is 23.9 Å². The summed E-state index contributed by atoms with van der Waals surface area (Å²) in [5, 5.41) is 10.6. The lowest BCUT2D eigenvalue weighted by Crippen LogP contribution is -2.01. The molecule has 1 heterocycles. The number of hydrogen-bond acceptors (Lipinski definition) is 5. The molecule has 2 rings (SSSR count). The molecule has 1 unspecified atom stereocenters. The zero-order valence-corrected chi connectivity index (χ0v) is 11.2. The number of anilines is 1. The van der Waals surface area contributed by atoms with Gasteiger partial charge in [-0.15, -0.1) is 0 Å². The summed E-state index contributed by atoms with van der Waals surface area (Å²) in [4.78, 5) is 4.25. The number of oxazole rings is 1. The number of benzene rings is 1. The molecule has 4 nitrogen and oxygen atoms in total. The number of aliphatic hydroxyl groups excluding tert-OH is 1. The Bertz CT molecular complexity index is 520. The number of hydrogen-bond donors (Lipinski definition) is 2. The second kappa shape index (κ2) is 5.46. The first-order valence-electron chi connectivity index (χ1n) is 5.66. The summed E-state index contributed by atoms with van der Waals surface area (Å²) in [6, 6.07) is 7.26. The fourth-order valence-electron chi connectivity index (χ4n) is 1.52. The van der Waals surface area contributed by atoms with Crippen molar-refractivity contribution in [3.63, 3.8) is 0 Å². The molecule has 0 aliphatic rings. The highest BCUT2D eigenvalue weighted by Gasteiger charge is 2.12. The summed E-state index contributed by atoms with van der Waals surface area (Å²) in [6.07, 6.45) is -0.578. The van der Waals surface area contributed by atoms with Crippen LogP contribution in [0.25, 0.3) is 0 Å². The van der Waals surface area contributed by atoms with Crippen molar-refractivity contribution < 1.29 is 9.52 Å². The fraction of sp³-hybridized carbons (Fsp3) is 0.308. The van der Waals surface area contributed by atoms with Gasteiger partial charge in [0, 0.05) is 11.4 Å². The Kier molecular flexibility index (Phi) is 3.93. The van der Waals surface area contributed by atoms with E-state index in [1.165, 1.54) is 11.8 Å². The quantitative estimate of drug-likeness (QED) is 0.656. The van der Waals surface area contributed by atoms with Crippen LogP contribution >= 0.6 is 11.8 Å². The van der Waals surface area contributed by atoms with E-state index >= 15 is 0 Å². The van der Waals surface area contributed by atoms with E-state index in [9.17, 15) is 5.11 Å². The summed E-state index contributed by atoms with van der Waals surface area (Å²) in [5.74, 6) is 1.30. The number of aromatic nitrogens is 1. The maximum Gasteiger partial charge on any atom is 0.256 e. The summed E-state index contributed by atoms with van der Waals surface area (Å²) in [6.45, 7) is 3.78. The molecule has 1 aromatic carbocycles. The van der Waals surface area contributed by atoms with Crippen molar-refractivity contribution in [1.29, 1.82) is 0 Å². The van der Waals surface area contributed by atoms with Gasteiger partial charge in [0.25, 0.3) is 5.22 Å². The zero-order valence-electron chi connectivity index (χ0n) is 10.4. The molecular formula is C13H16N2O2S. The predicted molar refractivity (Wildman–Crippen MR) is 72.5 cm³/mol. The molecule has 2 aromatic rings. The minimum atomic E-state index is -0.578. The molecule has 0 amide bonds. The van der Waals surface area contributed by atoms with Crippen molar-refractivity contribution >= 4 is 17.4 Å². The van der Waals surface area contributed by atoms with Crippen LogP contribution < -0.4 is 5.73 Å². The van der Waals surface area contributed by atoms with Crippen LogP contribution in [0.5, 0.6) is 0 Å². The van der Waals surface area contributed by atoms with Crippen LogP contribution in [-0.4, -0.2) is 15.8 Å². The standard InChI is InChI=1S/C13H16N2O2S/c1-8-9(2)17-13(15-8)18-7-12(16)10-4-3-5-11(14)6-10/h3-6,12,16H,7,14H2,1-2H3. The van der Waals surface area contributed by atoms with E-state index in [1.807, 2.05) is 26.0 Å². The maximum atomic E-state index is 10.0. The highest BCUT2D eigenvalue weighted by molar-refractivity contribution is 7.99. The molecule has 0 aliphatic heterocycles. The lowest BCUT2D eigenvalue weighted by molar-refractivity contribution is 0.204. The van der Waals surface area contributed by atoms with E-state index in [4.69, 9.17) is 10.2 Å². The van der Waals surface area contributed by atoms with Gasteiger partial charge in [0.05, 0.1) is 11.8 Å². The first-order valence-corrected chi connectivity index (χ1v) is 6.65. The van der Waals surface area contributed by atoms with Crippen LogP contribution in [-0.2, 0) is 0 Å². The lowest BCUT2D eigenvalue weighted by atomic mass is 10.1. The summed E-state index contributed by atoms with van der Waals surface area (Å²) in [5.41, 5.74) is 8.02. The van der Waals surface area contributed by atoms with Gasteiger partial charge in [0.15, 0.2) is 0 Å². The van der Waals surface area contributed by atoms with Crippen molar-refractivity contribution in [2.24, 2.45) is 0 Å². The number of nitrogens with zero attached hydrogens (tertiary/aromatic N) is 1. The fourth-order valence-corrected chi connectivity index (χ4v) is 2.40. The Hall–Kier alpha value is -1.46. The topological polar surface area (TPSA) is 72.3 Å². The molecule has 0 saturated heterocycles. The SMILES string of the molecule is Cc1nc(SCC(O)c2cccc(N)c2)oc1C. The molecule has 0 bridgehead atoms. The first kappa shape index (κ1) is 13.0. The Balaban J connectivity index is 1.98. The number of aliphatic hydroxyl groups is 1. The molecule has 0 saturated carbocycles. The van der Waals surface area contributed by atoms with Crippen LogP contribution in [0.1, 0.15) is 23.1 Å². The third kappa shape index (κ3) is 3.05.